The first-order chi connectivity index (χ1) is 9.20. The van der Waals surface area contributed by atoms with Crippen LogP contribution in [0.15, 0.2) is 24.3 Å². The minimum atomic E-state index is -0.162. The number of amides is 1. The summed E-state index contributed by atoms with van der Waals surface area (Å²) in [5.41, 5.74) is 1.83. The summed E-state index contributed by atoms with van der Waals surface area (Å²) in [6.07, 6.45) is 2.30. The van der Waals surface area contributed by atoms with Gasteiger partial charge in [-0.3, -0.25) is 4.79 Å². The molecule has 1 saturated carbocycles. The molecule has 4 nitrogen and oxygen atoms in total. The molecule has 104 valence electrons. The van der Waals surface area contributed by atoms with Gasteiger partial charge in [0.25, 0.3) is 5.91 Å². The Morgan fingerprint density at radius 3 is 2.79 bits per heavy atom. The second-order valence-electron chi connectivity index (χ2n) is 5.21. The van der Waals surface area contributed by atoms with Crippen molar-refractivity contribution in [3.8, 4) is 0 Å². The highest BCUT2D eigenvalue weighted by atomic mass is 16.3. The number of hydrogen-bond donors (Lipinski definition) is 3. The van der Waals surface area contributed by atoms with E-state index in [0.717, 1.165) is 36.9 Å². The summed E-state index contributed by atoms with van der Waals surface area (Å²) in [6, 6.07) is 7.73. The molecule has 0 heterocycles. The van der Waals surface area contributed by atoms with Crippen molar-refractivity contribution in [1.82, 2.24) is 10.6 Å². The van der Waals surface area contributed by atoms with Crippen molar-refractivity contribution < 1.29 is 9.90 Å². The molecule has 4 heteroatoms. The topological polar surface area (TPSA) is 61.4 Å². The average Bonchev–Trinajstić information content (AvgIpc) is 2.40. The molecule has 0 unspecified atom stereocenters. The van der Waals surface area contributed by atoms with Crippen molar-refractivity contribution in [2.75, 3.05) is 20.1 Å². The largest absolute Gasteiger partial charge is 0.393 e. The zero-order chi connectivity index (χ0) is 13.7. The lowest BCUT2D eigenvalue weighted by molar-refractivity contribution is 0.0420. The Hall–Kier alpha value is -1.39. The molecule has 0 saturated heterocycles. The summed E-state index contributed by atoms with van der Waals surface area (Å²) in [7, 11) is 1.91. The maximum absolute atomic E-state index is 12.2. The summed E-state index contributed by atoms with van der Waals surface area (Å²) in [5, 5.41) is 15.3. The number of rotatable bonds is 6. The zero-order valence-corrected chi connectivity index (χ0v) is 11.4. The molecule has 1 aliphatic rings. The van der Waals surface area contributed by atoms with Gasteiger partial charge in [-0.25, -0.2) is 0 Å². The third kappa shape index (κ3) is 3.78. The highest BCUT2D eigenvalue weighted by Gasteiger charge is 2.27. The molecule has 0 radical (unpaired) electrons. The molecule has 0 aromatic heterocycles. The second-order valence-corrected chi connectivity index (χ2v) is 5.21. The lowest BCUT2D eigenvalue weighted by Crippen LogP contribution is -2.38. The van der Waals surface area contributed by atoms with Gasteiger partial charge < -0.3 is 15.7 Å². The van der Waals surface area contributed by atoms with Crippen LogP contribution in [0.25, 0.3) is 0 Å². The number of aliphatic hydroxyl groups excluding tert-OH is 1. The quantitative estimate of drug-likeness (QED) is 0.715. The predicted octanol–water partition coefficient (Wildman–Crippen LogP) is 0.949. The lowest BCUT2D eigenvalue weighted by Gasteiger charge is -2.31. The number of carbonyl (C=O) groups is 1. The molecule has 0 aliphatic heterocycles. The third-order valence-corrected chi connectivity index (χ3v) is 3.67. The Kier molecular flexibility index (Phi) is 4.93. The van der Waals surface area contributed by atoms with Crippen molar-refractivity contribution in [3.63, 3.8) is 0 Å². The van der Waals surface area contributed by atoms with E-state index in [2.05, 4.69) is 10.6 Å². The van der Waals surface area contributed by atoms with Gasteiger partial charge in [0.2, 0.25) is 0 Å². The molecular formula is C15H22N2O2. The highest BCUT2D eigenvalue weighted by molar-refractivity contribution is 5.95. The van der Waals surface area contributed by atoms with Crippen molar-refractivity contribution in [1.29, 1.82) is 0 Å². The van der Waals surface area contributed by atoms with Crippen LogP contribution in [0.4, 0.5) is 0 Å². The number of hydrogen-bond acceptors (Lipinski definition) is 3. The molecule has 0 spiro atoms. The molecule has 1 aromatic rings. The van der Waals surface area contributed by atoms with Crippen LogP contribution in [-0.2, 0) is 6.42 Å². The van der Waals surface area contributed by atoms with Gasteiger partial charge in [0.1, 0.15) is 0 Å². The molecule has 1 amide bonds. The van der Waals surface area contributed by atoms with Crippen LogP contribution < -0.4 is 10.6 Å². The smallest absolute Gasteiger partial charge is 0.251 e. The molecule has 19 heavy (non-hydrogen) atoms. The summed E-state index contributed by atoms with van der Waals surface area (Å²) in [6.45, 7) is 1.52. The van der Waals surface area contributed by atoms with E-state index in [9.17, 15) is 9.90 Å². The fourth-order valence-corrected chi connectivity index (χ4v) is 2.42. The fraction of sp³-hybridized carbons (Fsp3) is 0.533. The number of likely N-dealkylation sites (N-methyl/N-ethyl adjacent to an activating group) is 1. The van der Waals surface area contributed by atoms with Gasteiger partial charge in [-0.2, -0.15) is 0 Å². The van der Waals surface area contributed by atoms with E-state index in [1.807, 2.05) is 31.3 Å². The van der Waals surface area contributed by atoms with Crippen LogP contribution in [0.1, 0.15) is 28.8 Å². The summed E-state index contributed by atoms with van der Waals surface area (Å²) in [4.78, 5) is 12.2. The maximum Gasteiger partial charge on any atom is 0.251 e. The first-order valence-corrected chi connectivity index (χ1v) is 6.89. The van der Waals surface area contributed by atoms with Crippen molar-refractivity contribution in [2.45, 2.75) is 25.4 Å². The third-order valence-electron chi connectivity index (χ3n) is 3.67. The van der Waals surface area contributed by atoms with Gasteiger partial charge in [-0.15, -0.1) is 0 Å². The number of carbonyl (C=O) groups excluding carboxylic acids is 1. The first-order valence-electron chi connectivity index (χ1n) is 6.89. The normalized spacial score (nSPS) is 21.8. The Morgan fingerprint density at radius 2 is 2.11 bits per heavy atom. The van der Waals surface area contributed by atoms with Crippen molar-refractivity contribution in [3.05, 3.63) is 35.4 Å². The summed E-state index contributed by atoms with van der Waals surface area (Å²) >= 11 is 0. The summed E-state index contributed by atoms with van der Waals surface area (Å²) < 4.78 is 0. The average molecular weight is 262 g/mol. The minimum absolute atomic E-state index is 0.00640. The van der Waals surface area contributed by atoms with Gasteiger partial charge in [-0.1, -0.05) is 18.2 Å². The van der Waals surface area contributed by atoms with Gasteiger partial charge in [0.05, 0.1) is 6.10 Å². The Labute approximate surface area is 114 Å². The molecule has 0 atom stereocenters. The van der Waals surface area contributed by atoms with Gasteiger partial charge >= 0.3 is 0 Å². The Bertz CT molecular complexity index is 428. The SMILES string of the molecule is CNCCc1ccccc1C(=O)NCC1CC(O)C1. The molecule has 1 aliphatic carbocycles. The van der Waals surface area contributed by atoms with Crippen LogP contribution >= 0.6 is 0 Å². The highest BCUT2D eigenvalue weighted by Crippen LogP contribution is 2.26. The first kappa shape index (κ1) is 14.0. The van der Waals surface area contributed by atoms with Crippen LogP contribution in [0.5, 0.6) is 0 Å². The predicted molar refractivity (Wildman–Crippen MR) is 75.1 cm³/mol. The fourth-order valence-electron chi connectivity index (χ4n) is 2.42. The lowest BCUT2D eigenvalue weighted by atomic mass is 9.82. The van der Waals surface area contributed by atoms with Crippen LogP contribution in [0.3, 0.4) is 0 Å². The van der Waals surface area contributed by atoms with Crippen molar-refractivity contribution >= 4 is 5.91 Å². The number of benzene rings is 1. The maximum atomic E-state index is 12.2. The van der Waals surface area contributed by atoms with E-state index in [1.165, 1.54) is 0 Å². The van der Waals surface area contributed by atoms with E-state index in [0.29, 0.717) is 12.5 Å². The molecule has 0 bridgehead atoms. The van der Waals surface area contributed by atoms with Gasteiger partial charge in [0, 0.05) is 12.1 Å². The number of aliphatic hydroxyl groups is 1. The van der Waals surface area contributed by atoms with Crippen LogP contribution in [0.2, 0.25) is 0 Å². The summed E-state index contributed by atoms with van der Waals surface area (Å²) in [5.74, 6) is 0.427. The van der Waals surface area contributed by atoms with E-state index in [1.54, 1.807) is 0 Å². The zero-order valence-electron chi connectivity index (χ0n) is 11.4. The number of nitrogens with one attached hydrogen (secondary N) is 2. The molecular weight excluding hydrogens is 240 g/mol. The van der Waals surface area contributed by atoms with E-state index in [-0.39, 0.29) is 12.0 Å². The monoisotopic (exact) mass is 262 g/mol. The Balaban J connectivity index is 1.90. The molecule has 1 fully saturated rings. The molecule has 1 aromatic carbocycles. The van der Waals surface area contributed by atoms with E-state index < -0.39 is 0 Å². The Morgan fingerprint density at radius 1 is 1.37 bits per heavy atom. The van der Waals surface area contributed by atoms with Crippen molar-refractivity contribution in [2.24, 2.45) is 5.92 Å². The molecule has 3 N–H and O–H groups in total. The molecule has 2 rings (SSSR count). The van der Waals surface area contributed by atoms with Gasteiger partial charge in [0.15, 0.2) is 0 Å². The minimum Gasteiger partial charge on any atom is -0.393 e. The van der Waals surface area contributed by atoms with Crippen LogP contribution in [0, 0.1) is 5.92 Å². The standard InChI is InChI=1S/C15H22N2O2/c1-16-7-6-12-4-2-3-5-14(12)15(19)17-10-11-8-13(18)9-11/h2-5,11,13,16,18H,6-10H2,1H3,(H,17,19). The van der Waals surface area contributed by atoms with Gasteiger partial charge in [-0.05, 0) is 50.4 Å². The second kappa shape index (κ2) is 6.68. The van der Waals surface area contributed by atoms with E-state index >= 15 is 0 Å². The van der Waals surface area contributed by atoms with E-state index in [4.69, 9.17) is 0 Å². The van der Waals surface area contributed by atoms with Crippen LogP contribution in [-0.4, -0.2) is 37.3 Å².